The van der Waals surface area contributed by atoms with E-state index in [1.807, 2.05) is 17.5 Å². The Morgan fingerprint density at radius 1 is 1.36 bits per heavy atom. The molecular formula is C11H15NOS. The summed E-state index contributed by atoms with van der Waals surface area (Å²) in [7, 11) is 0. The zero-order chi connectivity index (χ0) is 9.97. The van der Waals surface area contributed by atoms with Crippen LogP contribution in [0.1, 0.15) is 35.4 Å². The Kier molecular flexibility index (Phi) is 2.99. The molecule has 2 nitrogen and oxygen atoms in total. The molecule has 2 rings (SSSR count). The first-order chi connectivity index (χ1) is 6.77. The first-order valence-corrected chi connectivity index (χ1v) is 5.98. The van der Waals surface area contributed by atoms with Crippen molar-refractivity contribution in [3.05, 3.63) is 22.4 Å². The number of carbonyl (C=O) groups is 1. The van der Waals surface area contributed by atoms with Crippen molar-refractivity contribution in [2.45, 2.75) is 31.7 Å². The molecule has 0 unspecified atom stereocenters. The van der Waals surface area contributed by atoms with Crippen LogP contribution in [0.5, 0.6) is 0 Å². The minimum absolute atomic E-state index is 0.230. The van der Waals surface area contributed by atoms with Crippen LogP contribution in [-0.2, 0) is 0 Å². The molecule has 0 bridgehead atoms. The predicted molar refractivity (Wildman–Crippen MR) is 58.6 cm³/mol. The normalized spacial score (nSPS) is 27.5. The van der Waals surface area contributed by atoms with Gasteiger partial charge >= 0.3 is 0 Å². The minimum Gasteiger partial charge on any atom is -0.328 e. The number of thiophene rings is 1. The molecular weight excluding hydrogens is 194 g/mol. The van der Waals surface area contributed by atoms with Crippen molar-refractivity contribution in [2.75, 3.05) is 0 Å². The second-order valence-corrected chi connectivity index (χ2v) is 4.90. The highest BCUT2D eigenvalue weighted by molar-refractivity contribution is 7.12. The van der Waals surface area contributed by atoms with Crippen molar-refractivity contribution >= 4 is 17.1 Å². The summed E-state index contributed by atoms with van der Waals surface area (Å²) < 4.78 is 0. The van der Waals surface area contributed by atoms with E-state index in [0.29, 0.717) is 11.8 Å². The largest absolute Gasteiger partial charge is 0.328 e. The van der Waals surface area contributed by atoms with E-state index in [4.69, 9.17) is 5.73 Å². The van der Waals surface area contributed by atoms with Gasteiger partial charge in [0, 0.05) is 12.0 Å². The molecule has 2 N–H and O–H groups in total. The molecule has 0 radical (unpaired) electrons. The number of carbonyl (C=O) groups excluding carboxylic acids is 1. The molecule has 0 saturated heterocycles. The van der Waals surface area contributed by atoms with E-state index in [0.717, 1.165) is 30.6 Å². The van der Waals surface area contributed by atoms with Crippen molar-refractivity contribution in [1.82, 2.24) is 0 Å². The highest BCUT2D eigenvalue weighted by Gasteiger charge is 2.25. The first kappa shape index (κ1) is 9.87. The third-order valence-corrected chi connectivity index (χ3v) is 3.79. The molecule has 1 aliphatic carbocycles. The van der Waals surface area contributed by atoms with Crippen LogP contribution in [0.4, 0.5) is 0 Å². The van der Waals surface area contributed by atoms with Gasteiger partial charge in [0.25, 0.3) is 0 Å². The van der Waals surface area contributed by atoms with Gasteiger partial charge in [-0.2, -0.15) is 0 Å². The van der Waals surface area contributed by atoms with Gasteiger partial charge < -0.3 is 5.73 Å². The van der Waals surface area contributed by atoms with Crippen LogP contribution in [0.2, 0.25) is 0 Å². The summed E-state index contributed by atoms with van der Waals surface area (Å²) in [5, 5.41) is 1.96. The van der Waals surface area contributed by atoms with Crippen molar-refractivity contribution in [3.63, 3.8) is 0 Å². The van der Waals surface area contributed by atoms with Crippen LogP contribution in [0.25, 0.3) is 0 Å². The molecule has 1 aromatic rings. The van der Waals surface area contributed by atoms with Gasteiger partial charge in [-0.15, -0.1) is 11.3 Å². The standard InChI is InChI=1S/C11H15NOS/c12-9-5-3-8(4-6-9)11(13)10-2-1-7-14-10/h1-2,7-9H,3-6,12H2. The van der Waals surface area contributed by atoms with Crippen molar-refractivity contribution in [2.24, 2.45) is 11.7 Å². The average Bonchev–Trinajstić information content (AvgIpc) is 2.71. The van der Waals surface area contributed by atoms with Crippen LogP contribution >= 0.6 is 11.3 Å². The van der Waals surface area contributed by atoms with Crippen molar-refractivity contribution < 1.29 is 4.79 Å². The summed E-state index contributed by atoms with van der Waals surface area (Å²) >= 11 is 1.54. The van der Waals surface area contributed by atoms with E-state index in [9.17, 15) is 4.79 Å². The zero-order valence-corrected chi connectivity index (χ0v) is 8.93. The van der Waals surface area contributed by atoms with E-state index < -0.39 is 0 Å². The Morgan fingerprint density at radius 3 is 2.64 bits per heavy atom. The first-order valence-electron chi connectivity index (χ1n) is 5.10. The third kappa shape index (κ3) is 2.04. The number of hydrogen-bond donors (Lipinski definition) is 1. The van der Waals surface area contributed by atoms with Gasteiger partial charge in [-0.3, -0.25) is 4.79 Å². The summed E-state index contributed by atoms with van der Waals surface area (Å²) in [5.74, 6) is 0.556. The summed E-state index contributed by atoms with van der Waals surface area (Å²) in [6.45, 7) is 0. The molecule has 0 aromatic carbocycles. The van der Waals surface area contributed by atoms with E-state index >= 15 is 0 Å². The molecule has 0 spiro atoms. The van der Waals surface area contributed by atoms with Gasteiger partial charge in [-0.25, -0.2) is 0 Å². The number of ketones is 1. The Labute approximate surface area is 88.1 Å². The fraction of sp³-hybridized carbons (Fsp3) is 0.545. The second kappa shape index (κ2) is 4.24. The smallest absolute Gasteiger partial charge is 0.175 e. The number of Topliss-reactive ketones (excluding diaryl/α,β-unsaturated/α-hetero) is 1. The Hall–Kier alpha value is -0.670. The molecule has 1 fully saturated rings. The average molecular weight is 209 g/mol. The quantitative estimate of drug-likeness (QED) is 0.760. The minimum atomic E-state index is 0.230. The molecule has 0 amide bonds. The summed E-state index contributed by atoms with van der Waals surface area (Å²) in [5.41, 5.74) is 5.81. The summed E-state index contributed by atoms with van der Waals surface area (Å²) in [6, 6.07) is 4.18. The topological polar surface area (TPSA) is 43.1 Å². The van der Waals surface area contributed by atoms with Gasteiger partial charge in [0.1, 0.15) is 0 Å². The SMILES string of the molecule is NC1CCC(C(=O)c2cccs2)CC1. The number of rotatable bonds is 2. The van der Waals surface area contributed by atoms with Gasteiger partial charge in [0.15, 0.2) is 5.78 Å². The highest BCUT2D eigenvalue weighted by Crippen LogP contribution is 2.27. The summed E-state index contributed by atoms with van der Waals surface area (Å²) in [6.07, 6.45) is 3.94. The number of nitrogens with two attached hydrogens (primary N) is 1. The molecule has 0 atom stereocenters. The second-order valence-electron chi connectivity index (χ2n) is 3.95. The Balaban J connectivity index is 1.99. The predicted octanol–water partition coefficient (Wildman–Crippen LogP) is 2.45. The molecule has 76 valence electrons. The molecule has 14 heavy (non-hydrogen) atoms. The van der Waals surface area contributed by atoms with Gasteiger partial charge in [0.2, 0.25) is 0 Å². The van der Waals surface area contributed by atoms with Crippen LogP contribution in [0, 0.1) is 5.92 Å². The van der Waals surface area contributed by atoms with Crippen LogP contribution in [-0.4, -0.2) is 11.8 Å². The lowest BCUT2D eigenvalue weighted by molar-refractivity contribution is 0.0889. The molecule has 1 heterocycles. The monoisotopic (exact) mass is 209 g/mol. The van der Waals surface area contributed by atoms with E-state index in [-0.39, 0.29) is 5.92 Å². The van der Waals surface area contributed by atoms with Crippen LogP contribution in [0.3, 0.4) is 0 Å². The van der Waals surface area contributed by atoms with Gasteiger partial charge in [-0.05, 0) is 37.1 Å². The molecule has 1 aromatic heterocycles. The van der Waals surface area contributed by atoms with Crippen molar-refractivity contribution in [1.29, 1.82) is 0 Å². The van der Waals surface area contributed by atoms with Gasteiger partial charge in [0.05, 0.1) is 4.88 Å². The lowest BCUT2D eigenvalue weighted by Crippen LogP contribution is -2.29. The highest BCUT2D eigenvalue weighted by atomic mass is 32.1. The Bertz CT molecular complexity index is 299. The fourth-order valence-electron chi connectivity index (χ4n) is 2.00. The third-order valence-electron chi connectivity index (χ3n) is 2.91. The molecule has 0 aliphatic heterocycles. The lowest BCUT2D eigenvalue weighted by atomic mass is 9.83. The van der Waals surface area contributed by atoms with Crippen LogP contribution in [0.15, 0.2) is 17.5 Å². The van der Waals surface area contributed by atoms with E-state index in [2.05, 4.69) is 0 Å². The molecule has 3 heteroatoms. The molecule has 1 saturated carbocycles. The molecule has 1 aliphatic rings. The maximum Gasteiger partial charge on any atom is 0.175 e. The zero-order valence-electron chi connectivity index (χ0n) is 8.11. The Morgan fingerprint density at radius 2 is 2.07 bits per heavy atom. The lowest BCUT2D eigenvalue weighted by Gasteiger charge is -2.24. The maximum absolute atomic E-state index is 11.9. The fourth-order valence-corrected chi connectivity index (χ4v) is 2.75. The van der Waals surface area contributed by atoms with Gasteiger partial charge in [-0.1, -0.05) is 6.07 Å². The summed E-state index contributed by atoms with van der Waals surface area (Å²) in [4.78, 5) is 12.8. The van der Waals surface area contributed by atoms with E-state index in [1.165, 1.54) is 0 Å². The van der Waals surface area contributed by atoms with Crippen LogP contribution < -0.4 is 5.73 Å². The van der Waals surface area contributed by atoms with Crippen molar-refractivity contribution in [3.8, 4) is 0 Å². The maximum atomic E-state index is 11.9. The van der Waals surface area contributed by atoms with E-state index in [1.54, 1.807) is 11.3 Å². The number of hydrogen-bond acceptors (Lipinski definition) is 3.